The Kier molecular flexibility index (Phi) is 5.30. The lowest BCUT2D eigenvalue weighted by Crippen LogP contribution is -2.27. The predicted octanol–water partition coefficient (Wildman–Crippen LogP) is 5.97. The Morgan fingerprint density at radius 2 is 1.63 bits per heavy atom. The van der Waals surface area contributed by atoms with E-state index in [4.69, 9.17) is 4.74 Å². The van der Waals surface area contributed by atoms with E-state index in [1.165, 1.54) is 16.0 Å². The van der Waals surface area contributed by atoms with Gasteiger partial charge >= 0.3 is 0 Å². The molecule has 0 aliphatic heterocycles. The lowest BCUT2D eigenvalue weighted by atomic mass is 9.79. The largest absolute Gasteiger partial charge is 0.497 e. The standard InChI is InChI=1S/C24H22O2S/c1-26-19-14-11-18(12-15-19)24(27-20-8-3-2-4-9-20)22-16-13-17-7-5-6-10-21(17)23(22)25/h2-12,14-15,22,24H,13,16H2,1H3/t22-,24+/m0/s1. The van der Waals surface area contributed by atoms with Crippen LogP contribution in [0.1, 0.15) is 33.2 Å². The minimum Gasteiger partial charge on any atom is -0.497 e. The first-order valence-corrected chi connectivity index (χ1v) is 10.1. The molecule has 0 N–H and O–H groups in total. The first-order valence-electron chi connectivity index (χ1n) is 9.24. The number of rotatable bonds is 5. The topological polar surface area (TPSA) is 26.3 Å². The van der Waals surface area contributed by atoms with Gasteiger partial charge in [0.1, 0.15) is 5.75 Å². The molecule has 0 aromatic heterocycles. The average molecular weight is 375 g/mol. The molecule has 4 rings (SSSR count). The number of ether oxygens (including phenoxy) is 1. The number of benzene rings is 3. The maximum absolute atomic E-state index is 13.3. The van der Waals surface area contributed by atoms with Crippen LogP contribution >= 0.6 is 11.8 Å². The second-order valence-electron chi connectivity index (χ2n) is 6.79. The van der Waals surface area contributed by atoms with E-state index in [0.717, 1.165) is 24.2 Å². The van der Waals surface area contributed by atoms with Crippen LogP contribution in [-0.2, 0) is 6.42 Å². The predicted molar refractivity (Wildman–Crippen MR) is 111 cm³/mol. The summed E-state index contributed by atoms with van der Waals surface area (Å²) in [4.78, 5) is 14.5. The minimum atomic E-state index is -0.0292. The van der Waals surface area contributed by atoms with Gasteiger partial charge in [-0.05, 0) is 48.2 Å². The lowest BCUT2D eigenvalue weighted by molar-refractivity contribution is 0.0899. The number of methoxy groups -OCH3 is 1. The van der Waals surface area contributed by atoms with Gasteiger partial charge in [0.25, 0.3) is 0 Å². The van der Waals surface area contributed by atoms with Gasteiger partial charge in [0.15, 0.2) is 5.78 Å². The van der Waals surface area contributed by atoms with Crippen molar-refractivity contribution in [2.45, 2.75) is 23.0 Å². The number of ketones is 1. The maximum Gasteiger partial charge on any atom is 0.167 e. The second kappa shape index (κ2) is 8.01. The van der Waals surface area contributed by atoms with Gasteiger partial charge in [-0.25, -0.2) is 0 Å². The van der Waals surface area contributed by atoms with Crippen molar-refractivity contribution in [3.05, 3.63) is 95.6 Å². The number of hydrogen-bond acceptors (Lipinski definition) is 3. The molecule has 0 saturated heterocycles. The number of Topliss-reactive ketones (excluding diaryl/α,β-unsaturated/α-hetero) is 1. The summed E-state index contributed by atoms with van der Waals surface area (Å²) in [5.74, 6) is 1.07. The van der Waals surface area contributed by atoms with Crippen molar-refractivity contribution in [2.24, 2.45) is 5.92 Å². The molecule has 3 heteroatoms. The van der Waals surface area contributed by atoms with Crippen molar-refractivity contribution >= 4 is 17.5 Å². The molecule has 27 heavy (non-hydrogen) atoms. The molecule has 0 bridgehead atoms. The summed E-state index contributed by atoms with van der Waals surface area (Å²) in [7, 11) is 1.67. The van der Waals surface area contributed by atoms with Crippen LogP contribution in [0.15, 0.2) is 83.8 Å². The highest BCUT2D eigenvalue weighted by atomic mass is 32.2. The Morgan fingerprint density at radius 3 is 2.37 bits per heavy atom. The molecule has 2 atom stereocenters. The number of aryl methyl sites for hydroxylation is 1. The first kappa shape index (κ1) is 17.9. The number of thioether (sulfide) groups is 1. The molecular weight excluding hydrogens is 352 g/mol. The Labute approximate surface area is 164 Å². The van der Waals surface area contributed by atoms with E-state index in [-0.39, 0.29) is 17.0 Å². The smallest absolute Gasteiger partial charge is 0.167 e. The minimum absolute atomic E-state index is 0.0292. The number of hydrogen-bond donors (Lipinski definition) is 0. The van der Waals surface area contributed by atoms with Crippen molar-refractivity contribution in [1.82, 2.24) is 0 Å². The van der Waals surface area contributed by atoms with E-state index in [2.05, 4.69) is 30.3 Å². The number of carbonyl (C=O) groups is 1. The summed E-state index contributed by atoms with van der Waals surface area (Å²) in [5.41, 5.74) is 3.24. The summed E-state index contributed by atoms with van der Waals surface area (Å²) in [5, 5.41) is 0.0826. The third kappa shape index (κ3) is 3.79. The number of fused-ring (bicyclic) bond motifs is 1. The average Bonchev–Trinajstić information content (AvgIpc) is 2.74. The molecule has 1 aliphatic rings. The van der Waals surface area contributed by atoms with Crippen LogP contribution < -0.4 is 4.74 Å². The molecule has 3 aromatic carbocycles. The first-order chi connectivity index (χ1) is 13.3. The fraction of sp³-hybridized carbons (Fsp3) is 0.208. The van der Waals surface area contributed by atoms with Crippen LogP contribution in [0.2, 0.25) is 0 Å². The molecule has 0 unspecified atom stereocenters. The highest BCUT2D eigenvalue weighted by Gasteiger charge is 2.34. The zero-order chi connectivity index (χ0) is 18.6. The molecule has 2 nitrogen and oxygen atoms in total. The van der Waals surface area contributed by atoms with Crippen molar-refractivity contribution in [3.63, 3.8) is 0 Å². The van der Waals surface area contributed by atoms with Crippen LogP contribution in [0.5, 0.6) is 5.75 Å². The molecule has 3 aromatic rings. The molecule has 0 heterocycles. The van der Waals surface area contributed by atoms with Crippen LogP contribution in [0.4, 0.5) is 0 Å². The van der Waals surface area contributed by atoms with Crippen LogP contribution in [-0.4, -0.2) is 12.9 Å². The van der Waals surface area contributed by atoms with Crippen molar-refractivity contribution in [2.75, 3.05) is 7.11 Å². The summed E-state index contributed by atoms with van der Waals surface area (Å²) < 4.78 is 5.31. The lowest BCUT2D eigenvalue weighted by Gasteiger charge is -2.30. The van der Waals surface area contributed by atoms with Gasteiger partial charge in [0, 0.05) is 21.6 Å². The maximum atomic E-state index is 13.3. The normalized spacial score (nSPS) is 17.2. The van der Waals surface area contributed by atoms with E-state index >= 15 is 0 Å². The van der Waals surface area contributed by atoms with Gasteiger partial charge in [-0.2, -0.15) is 0 Å². The van der Waals surface area contributed by atoms with E-state index in [1.54, 1.807) is 18.9 Å². The van der Waals surface area contributed by atoms with Crippen LogP contribution in [0, 0.1) is 5.92 Å². The molecule has 0 radical (unpaired) electrons. The quantitative estimate of drug-likeness (QED) is 0.514. The molecule has 0 amide bonds. The van der Waals surface area contributed by atoms with E-state index < -0.39 is 0 Å². The zero-order valence-corrected chi connectivity index (χ0v) is 16.1. The van der Waals surface area contributed by atoms with Crippen molar-refractivity contribution in [3.8, 4) is 5.75 Å². The third-order valence-electron chi connectivity index (χ3n) is 5.16. The molecular formula is C24H22O2S. The Morgan fingerprint density at radius 1 is 0.926 bits per heavy atom. The fourth-order valence-electron chi connectivity index (χ4n) is 3.73. The van der Waals surface area contributed by atoms with E-state index in [1.807, 2.05) is 48.5 Å². The van der Waals surface area contributed by atoms with Gasteiger partial charge in [0.2, 0.25) is 0 Å². The van der Waals surface area contributed by atoms with E-state index in [0.29, 0.717) is 0 Å². The summed E-state index contributed by atoms with van der Waals surface area (Å²) >= 11 is 1.78. The summed E-state index contributed by atoms with van der Waals surface area (Å²) in [6.07, 6.45) is 1.83. The summed E-state index contributed by atoms with van der Waals surface area (Å²) in [6.45, 7) is 0. The highest BCUT2D eigenvalue weighted by molar-refractivity contribution is 7.99. The molecule has 0 spiro atoms. The molecule has 0 saturated carbocycles. The van der Waals surface area contributed by atoms with Crippen LogP contribution in [0.25, 0.3) is 0 Å². The second-order valence-corrected chi connectivity index (χ2v) is 8.01. The van der Waals surface area contributed by atoms with Gasteiger partial charge in [0.05, 0.1) is 7.11 Å². The van der Waals surface area contributed by atoms with Crippen LogP contribution in [0.3, 0.4) is 0 Å². The van der Waals surface area contributed by atoms with Gasteiger partial charge < -0.3 is 4.74 Å². The third-order valence-corrected chi connectivity index (χ3v) is 6.56. The fourth-order valence-corrected chi connectivity index (χ4v) is 5.06. The Balaban J connectivity index is 1.70. The molecule has 0 fully saturated rings. The van der Waals surface area contributed by atoms with Crippen molar-refractivity contribution < 1.29 is 9.53 Å². The number of carbonyl (C=O) groups excluding carboxylic acids is 1. The van der Waals surface area contributed by atoms with Gasteiger partial charge in [-0.1, -0.05) is 54.6 Å². The highest BCUT2D eigenvalue weighted by Crippen LogP contribution is 2.45. The molecule has 136 valence electrons. The summed E-state index contributed by atoms with van der Waals surface area (Å²) in [6, 6.07) is 26.5. The van der Waals surface area contributed by atoms with E-state index in [9.17, 15) is 4.79 Å². The Hall–Kier alpha value is -2.52. The molecule has 1 aliphatic carbocycles. The zero-order valence-electron chi connectivity index (χ0n) is 15.3. The monoisotopic (exact) mass is 374 g/mol. The van der Waals surface area contributed by atoms with Gasteiger partial charge in [-0.3, -0.25) is 4.79 Å². The van der Waals surface area contributed by atoms with Gasteiger partial charge in [-0.15, -0.1) is 11.8 Å². The van der Waals surface area contributed by atoms with Crippen molar-refractivity contribution in [1.29, 1.82) is 0 Å². The SMILES string of the molecule is COc1ccc([C@@H](Sc2ccccc2)[C@H]2CCc3ccccc3C2=O)cc1. The Bertz CT molecular complexity index is 919.